The van der Waals surface area contributed by atoms with Crippen LogP contribution in [0.4, 0.5) is 4.39 Å². The van der Waals surface area contributed by atoms with E-state index in [-0.39, 0.29) is 17.4 Å². The number of carbonyl (C=O) groups is 1. The maximum Gasteiger partial charge on any atom is 0.277 e. The summed E-state index contributed by atoms with van der Waals surface area (Å²) in [7, 11) is 1.59. The van der Waals surface area contributed by atoms with Crippen molar-refractivity contribution in [3.8, 4) is 17.2 Å². The van der Waals surface area contributed by atoms with E-state index >= 15 is 0 Å². The third-order valence-electron chi connectivity index (χ3n) is 3.24. The molecule has 0 atom stereocenters. The van der Waals surface area contributed by atoms with Crippen molar-refractivity contribution in [2.45, 2.75) is 5.22 Å². The average Bonchev–Trinajstić information content (AvgIpc) is 3.09. The van der Waals surface area contributed by atoms with Gasteiger partial charge in [-0.15, -0.1) is 10.2 Å². The highest BCUT2D eigenvalue weighted by Gasteiger charge is 2.12. The van der Waals surface area contributed by atoms with Gasteiger partial charge in [0.2, 0.25) is 5.89 Å². The number of rotatable bonds is 6. The van der Waals surface area contributed by atoms with E-state index < -0.39 is 0 Å². The summed E-state index contributed by atoms with van der Waals surface area (Å²) >= 11 is 1.14. The number of Topliss-reactive ketones (excluding diaryl/α,β-unsaturated/α-hetero) is 1. The largest absolute Gasteiger partial charge is 0.497 e. The number of nitrogens with zero attached hydrogens (tertiary/aromatic N) is 2. The molecule has 1 aromatic heterocycles. The molecule has 5 nitrogen and oxygen atoms in total. The fourth-order valence-electron chi connectivity index (χ4n) is 1.96. The number of thioether (sulfide) groups is 1. The van der Waals surface area contributed by atoms with Crippen molar-refractivity contribution in [3.05, 3.63) is 59.9 Å². The number of methoxy groups -OCH3 is 1. The van der Waals surface area contributed by atoms with Gasteiger partial charge < -0.3 is 9.15 Å². The zero-order valence-electron chi connectivity index (χ0n) is 12.7. The second-order valence-electron chi connectivity index (χ2n) is 4.82. The third-order valence-corrected chi connectivity index (χ3v) is 4.05. The van der Waals surface area contributed by atoms with Crippen LogP contribution in [0.2, 0.25) is 0 Å². The predicted octanol–water partition coefficient (Wildman–Crippen LogP) is 3.86. The summed E-state index contributed by atoms with van der Waals surface area (Å²) in [5.41, 5.74) is 1.21. The number of hydrogen-bond acceptors (Lipinski definition) is 6. The van der Waals surface area contributed by atoms with Crippen LogP contribution in [0.3, 0.4) is 0 Å². The van der Waals surface area contributed by atoms with E-state index in [9.17, 15) is 9.18 Å². The van der Waals surface area contributed by atoms with Gasteiger partial charge in [0.05, 0.1) is 12.9 Å². The van der Waals surface area contributed by atoms with Crippen LogP contribution in [0.1, 0.15) is 10.4 Å². The van der Waals surface area contributed by atoms with Crippen LogP contribution in [0, 0.1) is 5.82 Å². The minimum Gasteiger partial charge on any atom is -0.497 e. The third kappa shape index (κ3) is 3.80. The second-order valence-corrected chi connectivity index (χ2v) is 5.75. The number of benzene rings is 2. The van der Waals surface area contributed by atoms with Crippen LogP contribution in [0.15, 0.2) is 58.2 Å². The van der Waals surface area contributed by atoms with Gasteiger partial charge in [-0.1, -0.05) is 11.8 Å². The van der Waals surface area contributed by atoms with E-state index in [2.05, 4.69) is 10.2 Å². The van der Waals surface area contributed by atoms with Crippen LogP contribution in [0.25, 0.3) is 11.5 Å². The summed E-state index contributed by atoms with van der Waals surface area (Å²) in [5, 5.41) is 8.18. The minimum absolute atomic E-state index is 0.135. The molecule has 0 aliphatic heterocycles. The monoisotopic (exact) mass is 344 g/mol. The van der Waals surface area contributed by atoms with Crippen LogP contribution in [-0.2, 0) is 0 Å². The molecular weight excluding hydrogens is 331 g/mol. The Balaban J connectivity index is 1.63. The number of hydrogen-bond donors (Lipinski definition) is 0. The van der Waals surface area contributed by atoms with Gasteiger partial charge in [-0.25, -0.2) is 4.39 Å². The molecule has 0 bridgehead atoms. The van der Waals surface area contributed by atoms with E-state index in [4.69, 9.17) is 9.15 Å². The summed E-state index contributed by atoms with van der Waals surface area (Å²) < 4.78 is 23.5. The molecular formula is C17H13FN2O3S. The summed E-state index contributed by atoms with van der Waals surface area (Å²) in [6.45, 7) is 0. The molecule has 2 aromatic carbocycles. The lowest BCUT2D eigenvalue weighted by Gasteiger charge is -1.99. The fourth-order valence-corrected chi connectivity index (χ4v) is 2.62. The van der Waals surface area contributed by atoms with E-state index in [1.165, 1.54) is 24.3 Å². The SMILES string of the molecule is COc1ccc(-c2nnc(SCC(=O)c3ccc(F)cc3)o2)cc1. The molecule has 0 aliphatic rings. The summed E-state index contributed by atoms with van der Waals surface area (Å²) in [5.74, 6) is 0.729. The first-order valence-electron chi connectivity index (χ1n) is 7.05. The van der Waals surface area contributed by atoms with Crippen molar-refractivity contribution in [1.82, 2.24) is 10.2 Å². The quantitative estimate of drug-likeness (QED) is 0.500. The molecule has 0 saturated carbocycles. The van der Waals surface area contributed by atoms with Crippen LogP contribution in [0.5, 0.6) is 5.75 Å². The number of aromatic nitrogens is 2. The normalized spacial score (nSPS) is 10.6. The maximum absolute atomic E-state index is 12.9. The Kier molecular flexibility index (Phi) is 4.90. The highest BCUT2D eigenvalue weighted by Crippen LogP contribution is 2.25. The van der Waals surface area contributed by atoms with Crippen molar-refractivity contribution < 1.29 is 18.3 Å². The second kappa shape index (κ2) is 7.27. The van der Waals surface area contributed by atoms with Gasteiger partial charge in [-0.05, 0) is 48.5 Å². The molecule has 0 saturated heterocycles. The highest BCUT2D eigenvalue weighted by molar-refractivity contribution is 7.99. The summed E-state index contributed by atoms with van der Waals surface area (Å²) in [6.07, 6.45) is 0. The molecule has 0 aliphatic carbocycles. The lowest BCUT2D eigenvalue weighted by molar-refractivity contribution is 0.102. The molecule has 0 amide bonds. The number of ketones is 1. The van der Waals surface area contributed by atoms with Crippen molar-refractivity contribution in [1.29, 1.82) is 0 Å². The van der Waals surface area contributed by atoms with Crippen LogP contribution >= 0.6 is 11.8 Å². The smallest absolute Gasteiger partial charge is 0.277 e. The molecule has 24 heavy (non-hydrogen) atoms. The Morgan fingerprint density at radius 1 is 1.12 bits per heavy atom. The molecule has 7 heteroatoms. The molecule has 122 valence electrons. The fraction of sp³-hybridized carbons (Fsp3) is 0.118. The number of halogens is 1. The molecule has 0 unspecified atom stereocenters. The Labute approximate surface area is 141 Å². The van der Waals surface area contributed by atoms with Gasteiger partial charge >= 0.3 is 0 Å². The lowest BCUT2D eigenvalue weighted by atomic mass is 10.1. The minimum atomic E-state index is -0.375. The van der Waals surface area contributed by atoms with Crippen LogP contribution in [-0.4, -0.2) is 28.8 Å². The summed E-state index contributed by atoms with van der Waals surface area (Å²) in [4.78, 5) is 12.0. The predicted molar refractivity (Wildman–Crippen MR) is 87.7 cm³/mol. The van der Waals surface area contributed by atoms with E-state index in [1.807, 2.05) is 12.1 Å². The zero-order valence-corrected chi connectivity index (χ0v) is 13.5. The van der Waals surface area contributed by atoms with Gasteiger partial charge in [-0.2, -0.15) is 0 Å². The molecule has 1 heterocycles. The Morgan fingerprint density at radius 2 is 1.83 bits per heavy atom. The van der Waals surface area contributed by atoms with Crippen molar-refractivity contribution in [2.24, 2.45) is 0 Å². The van der Waals surface area contributed by atoms with Gasteiger partial charge in [-0.3, -0.25) is 4.79 Å². The molecule has 0 fully saturated rings. The number of ether oxygens (including phenoxy) is 1. The molecule has 0 radical (unpaired) electrons. The Hall–Kier alpha value is -2.67. The van der Waals surface area contributed by atoms with Crippen molar-refractivity contribution in [2.75, 3.05) is 12.9 Å². The average molecular weight is 344 g/mol. The van der Waals surface area contributed by atoms with Crippen LogP contribution < -0.4 is 4.74 Å². The van der Waals surface area contributed by atoms with Crippen molar-refractivity contribution in [3.63, 3.8) is 0 Å². The summed E-state index contributed by atoms with van der Waals surface area (Å²) in [6, 6.07) is 12.6. The Bertz CT molecular complexity index is 832. The van der Waals surface area contributed by atoms with E-state index in [0.29, 0.717) is 16.7 Å². The first-order valence-corrected chi connectivity index (χ1v) is 8.04. The molecule has 0 N–H and O–H groups in total. The topological polar surface area (TPSA) is 65.2 Å². The van der Waals surface area contributed by atoms with Gasteiger partial charge in [0.25, 0.3) is 5.22 Å². The van der Waals surface area contributed by atoms with Gasteiger partial charge in [0.15, 0.2) is 5.78 Å². The van der Waals surface area contributed by atoms with Crippen molar-refractivity contribution >= 4 is 17.5 Å². The number of carbonyl (C=O) groups excluding carboxylic acids is 1. The molecule has 3 rings (SSSR count). The Morgan fingerprint density at radius 3 is 2.50 bits per heavy atom. The first kappa shape index (κ1) is 16.2. The standard InChI is InChI=1S/C17H13FN2O3S/c1-22-14-8-4-12(5-9-14)16-19-20-17(23-16)24-10-15(21)11-2-6-13(18)7-3-11/h2-9H,10H2,1H3. The van der Waals surface area contributed by atoms with E-state index in [0.717, 1.165) is 23.1 Å². The zero-order chi connectivity index (χ0) is 16.9. The molecule has 0 spiro atoms. The first-order chi connectivity index (χ1) is 11.7. The van der Waals surface area contributed by atoms with E-state index in [1.54, 1.807) is 19.2 Å². The molecule has 3 aromatic rings. The van der Waals surface area contributed by atoms with Gasteiger partial charge in [0.1, 0.15) is 11.6 Å². The maximum atomic E-state index is 12.9. The lowest BCUT2D eigenvalue weighted by Crippen LogP contribution is -2.02. The highest BCUT2D eigenvalue weighted by atomic mass is 32.2. The van der Waals surface area contributed by atoms with Gasteiger partial charge in [0, 0.05) is 11.1 Å².